The second-order valence-electron chi connectivity index (χ2n) is 5.14. The Morgan fingerprint density at radius 2 is 1.69 bits per heavy atom. The fourth-order valence-corrected chi connectivity index (χ4v) is 1.91. The van der Waals surface area contributed by atoms with E-state index in [2.05, 4.69) is 15.8 Å². The van der Waals surface area contributed by atoms with E-state index in [1.807, 2.05) is 0 Å². The van der Waals surface area contributed by atoms with Gasteiger partial charge < -0.3 is 20.6 Å². The summed E-state index contributed by atoms with van der Waals surface area (Å²) in [7, 11) is 1.53. The SMILES string of the molecule is CNC(=O)/C=C/c1ccc(C(=O)NN=Cc2ccc(O)c(O)c2O)cc1. The maximum absolute atomic E-state index is 12.0. The highest BCUT2D eigenvalue weighted by atomic mass is 16.3. The van der Waals surface area contributed by atoms with Crippen LogP contribution in [0.25, 0.3) is 6.08 Å². The van der Waals surface area contributed by atoms with E-state index in [9.17, 15) is 24.9 Å². The number of aromatic hydroxyl groups is 3. The van der Waals surface area contributed by atoms with Crippen molar-refractivity contribution in [2.24, 2.45) is 5.10 Å². The van der Waals surface area contributed by atoms with Crippen LogP contribution in [0.3, 0.4) is 0 Å². The number of hydrazone groups is 1. The molecule has 0 radical (unpaired) electrons. The molecule has 0 aliphatic rings. The van der Waals surface area contributed by atoms with Crippen LogP contribution in [0.4, 0.5) is 0 Å². The van der Waals surface area contributed by atoms with Crippen molar-refractivity contribution >= 4 is 24.1 Å². The molecule has 2 aromatic carbocycles. The molecule has 134 valence electrons. The number of hydrogen-bond donors (Lipinski definition) is 5. The molecular weight excluding hydrogens is 338 g/mol. The highest BCUT2D eigenvalue weighted by Gasteiger charge is 2.09. The summed E-state index contributed by atoms with van der Waals surface area (Å²) in [6, 6.07) is 8.98. The molecule has 2 aromatic rings. The number of amides is 2. The monoisotopic (exact) mass is 355 g/mol. The first-order chi connectivity index (χ1) is 12.4. The van der Waals surface area contributed by atoms with Gasteiger partial charge in [0.2, 0.25) is 11.7 Å². The molecule has 0 aliphatic carbocycles. The number of rotatable bonds is 5. The van der Waals surface area contributed by atoms with Gasteiger partial charge in [0.25, 0.3) is 5.91 Å². The number of carbonyl (C=O) groups excluding carboxylic acids is 2. The number of nitrogens with zero attached hydrogens (tertiary/aromatic N) is 1. The number of phenolic OH excluding ortho intramolecular Hbond substituents is 3. The van der Waals surface area contributed by atoms with Crippen LogP contribution in [-0.2, 0) is 4.79 Å². The lowest BCUT2D eigenvalue weighted by Gasteiger charge is -2.04. The van der Waals surface area contributed by atoms with Gasteiger partial charge in [-0.15, -0.1) is 0 Å². The lowest BCUT2D eigenvalue weighted by Crippen LogP contribution is -2.17. The summed E-state index contributed by atoms with van der Waals surface area (Å²) >= 11 is 0. The Morgan fingerprint density at radius 1 is 1.00 bits per heavy atom. The van der Waals surface area contributed by atoms with E-state index < -0.39 is 23.2 Å². The third kappa shape index (κ3) is 4.60. The van der Waals surface area contributed by atoms with E-state index in [4.69, 9.17) is 0 Å². The Labute approximate surface area is 149 Å². The van der Waals surface area contributed by atoms with Crippen LogP contribution in [0.2, 0.25) is 0 Å². The molecule has 0 aromatic heterocycles. The van der Waals surface area contributed by atoms with Crippen LogP contribution in [0.1, 0.15) is 21.5 Å². The van der Waals surface area contributed by atoms with Crippen LogP contribution in [0, 0.1) is 0 Å². The van der Waals surface area contributed by atoms with Gasteiger partial charge in [0.15, 0.2) is 11.5 Å². The van der Waals surface area contributed by atoms with Gasteiger partial charge in [-0.05, 0) is 35.9 Å². The molecule has 8 nitrogen and oxygen atoms in total. The van der Waals surface area contributed by atoms with E-state index in [0.29, 0.717) is 5.56 Å². The molecule has 0 heterocycles. The molecule has 0 saturated carbocycles. The molecule has 2 amide bonds. The number of likely N-dealkylation sites (N-methyl/N-ethyl adjacent to an activating group) is 1. The highest BCUT2D eigenvalue weighted by Crippen LogP contribution is 2.36. The zero-order valence-corrected chi connectivity index (χ0v) is 13.8. The summed E-state index contributed by atoms with van der Waals surface area (Å²) in [5.41, 5.74) is 3.49. The fraction of sp³-hybridized carbons (Fsp3) is 0.0556. The zero-order chi connectivity index (χ0) is 19.1. The quantitative estimate of drug-likeness (QED) is 0.239. The Morgan fingerprint density at radius 3 is 2.35 bits per heavy atom. The third-order valence-electron chi connectivity index (χ3n) is 3.38. The van der Waals surface area contributed by atoms with Gasteiger partial charge in [-0.3, -0.25) is 9.59 Å². The molecule has 0 spiro atoms. The maximum Gasteiger partial charge on any atom is 0.271 e. The second-order valence-corrected chi connectivity index (χ2v) is 5.14. The van der Waals surface area contributed by atoms with Gasteiger partial charge in [0.1, 0.15) is 0 Å². The van der Waals surface area contributed by atoms with Gasteiger partial charge in [-0.25, -0.2) is 5.43 Å². The number of nitrogens with one attached hydrogen (secondary N) is 2. The summed E-state index contributed by atoms with van der Waals surface area (Å²) in [6.07, 6.45) is 4.12. The van der Waals surface area contributed by atoms with Gasteiger partial charge in [0.05, 0.1) is 6.21 Å². The van der Waals surface area contributed by atoms with Crippen LogP contribution in [0.5, 0.6) is 17.2 Å². The van der Waals surface area contributed by atoms with Crippen molar-refractivity contribution < 1.29 is 24.9 Å². The first-order valence-corrected chi connectivity index (χ1v) is 7.49. The van der Waals surface area contributed by atoms with E-state index in [0.717, 1.165) is 11.8 Å². The summed E-state index contributed by atoms with van der Waals surface area (Å²) < 4.78 is 0. The Hall–Kier alpha value is -3.81. The lowest BCUT2D eigenvalue weighted by atomic mass is 10.1. The van der Waals surface area contributed by atoms with E-state index in [1.165, 1.54) is 25.3 Å². The van der Waals surface area contributed by atoms with Crippen molar-refractivity contribution in [3.8, 4) is 17.2 Å². The van der Waals surface area contributed by atoms with E-state index >= 15 is 0 Å². The summed E-state index contributed by atoms with van der Waals surface area (Å²) in [5.74, 6) is -2.39. The highest BCUT2D eigenvalue weighted by molar-refractivity contribution is 5.96. The van der Waals surface area contributed by atoms with Crippen molar-refractivity contribution in [2.75, 3.05) is 7.05 Å². The van der Waals surface area contributed by atoms with Crippen LogP contribution in [-0.4, -0.2) is 40.4 Å². The standard InChI is InChI=1S/C18H17N3O5/c1-19-15(23)9-4-11-2-5-12(6-3-11)18(26)21-20-10-13-7-8-14(22)17(25)16(13)24/h2-10,22,24-25H,1H3,(H,19,23)(H,21,26)/b9-4+,20-10?. The smallest absolute Gasteiger partial charge is 0.271 e. The molecular formula is C18H17N3O5. The minimum Gasteiger partial charge on any atom is -0.504 e. The van der Waals surface area contributed by atoms with Gasteiger partial charge >= 0.3 is 0 Å². The lowest BCUT2D eigenvalue weighted by molar-refractivity contribution is -0.115. The van der Waals surface area contributed by atoms with Crippen molar-refractivity contribution in [2.45, 2.75) is 0 Å². The van der Waals surface area contributed by atoms with Crippen LogP contribution >= 0.6 is 0 Å². The number of phenols is 3. The van der Waals surface area contributed by atoms with Crippen molar-refractivity contribution in [1.82, 2.24) is 10.7 Å². The fourth-order valence-electron chi connectivity index (χ4n) is 1.91. The van der Waals surface area contributed by atoms with Gasteiger partial charge in [-0.1, -0.05) is 12.1 Å². The first kappa shape index (κ1) is 18.5. The molecule has 2 rings (SSSR count). The molecule has 5 N–H and O–H groups in total. The molecule has 0 unspecified atom stereocenters. The second kappa shape index (κ2) is 8.34. The van der Waals surface area contributed by atoms with Crippen molar-refractivity contribution in [1.29, 1.82) is 0 Å². The van der Waals surface area contributed by atoms with Crippen molar-refractivity contribution in [3.05, 3.63) is 59.2 Å². The maximum atomic E-state index is 12.0. The predicted octanol–water partition coefficient (Wildman–Crippen LogP) is 1.33. The summed E-state index contributed by atoms with van der Waals surface area (Å²) in [6.45, 7) is 0. The van der Waals surface area contributed by atoms with E-state index in [1.54, 1.807) is 30.3 Å². The minimum absolute atomic E-state index is 0.121. The minimum atomic E-state index is -0.666. The number of hydrogen-bond acceptors (Lipinski definition) is 6. The van der Waals surface area contributed by atoms with Gasteiger partial charge in [0, 0.05) is 24.3 Å². The predicted molar refractivity (Wildman–Crippen MR) is 96.0 cm³/mol. The zero-order valence-electron chi connectivity index (χ0n) is 13.8. The summed E-state index contributed by atoms with van der Waals surface area (Å²) in [5, 5.41) is 34.5. The largest absolute Gasteiger partial charge is 0.504 e. The Bertz CT molecular complexity index is 873. The molecule has 0 atom stereocenters. The Balaban J connectivity index is 2.01. The topological polar surface area (TPSA) is 131 Å². The third-order valence-corrected chi connectivity index (χ3v) is 3.38. The molecule has 0 bridgehead atoms. The van der Waals surface area contributed by atoms with Crippen LogP contribution in [0.15, 0.2) is 47.6 Å². The average molecular weight is 355 g/mol. The molecule has 0 aliphatic heterocycles. The first-order valence-electron chi connectivity index (χ1n) is 7.49. The number of carbonyl (C=O) groups is 2. The number of benzene rings is 2. The molecule has 0 fully saturated rings. The van der Waals surface area contributed by atoms with Gasteiger partial charge in [-0.2, -0.15) is 5.10 Å². The van der Waals surface area contributed by atoms with E-state index in [-0.39, 0.29) is 11.5 Å². The molecule has 8 heteroatoms. The average Bonchev–Trinajstić information content (AvgIpc) is 2.66. The van der Waals surface area contributed by atoms with Crippen molar-refractivity contribution in [3.63, 3.8) is 0 Å². The molecule has 0 saturated heterocycles. The summed E-state index contributed by atoms with van der Waals surface area (Å²) in [4.78, 5) is 23.1. The Kier molecular flexibility index (Phi) is 5.94. The van der Waals surface area contributed by atoms with Crippen LogP contribution < -0.4 is 10.7 Å². The normalized spacial score (nSPS) is 11.0. The molecule has 26 heavy (non-hydrogen) atoms.